The van der Waals surface area contributed by atoms with E-state index < -0.39 is 0 Å². The highest BCUT2D eigenvalue weighted by atomic mass is 15.3. The molecule has 1 aliphatic rings. The van der Waals surface area contributed by atoms with E-state index in [1.807, 2.05) is 11.7 Å². The van der Waals surface area contributed by atoms with Crippen LogP contribution in [0.3, 0.4) is 0 Å². The molecule has 0 amide bonds. The SMILES string of the molecule is Cc1nn(C)cc1C(C)NC1CCN(C)CC1. The highest BCUT2D eigenvalue weighted by molar-refractivity contribution is 5.19. The van der Waals surface area contributed by atoms with Gasteiger partial charge in [0.1, 0.15) is 0 Å². The van der Waals surface area contributed by atoms with E-state index in [4.69, 9.17) is 0 Å². The first-order valence-corrected chi connectivity index (χ1v) is 6.51. The van der Waals surface area contributed by atoms with Crippen molar-refractivity contribution in [3.63, 3.8) is 0 Å². The molecule has 1 N–H and O–H groups in total. The third-order valence-corrected chi connectivity index (χ3v) is 3.72. The van der Waals surface area contributed by atoms with Gasteiger partial charge in [-0.15, -0.1) is 0 Å². The molecule has 0 bridgehead atoms. The minimum atomic E-state index is 0.400. The molecule has 2 rings (SSSR count). The molecule has 1 aromatic heterocycles. The molecule has 4 heteroatoms. The number of hydrogen-bond donors (Lipinski definition) is 1. The second-order valence-corrected chi connectivity index (χ2v) is 5.31. The second kappa shape index (κ2) is 5.19. The van der Waals surface area contributed by atoms with Crippen LogP contribution in [0.5, 0.6) is 0 Å². The van der Waals surface area contributed by atoms with Crippen molar-refractivity contribution >= 4 is 0 Å². The lowest BCUT2D eigenvalue weighted by Gasteiger charge is -2.31. The molecule has 1 fully saturated rings. The summed E-state index contributed by atoms with van der Waals surface area (Å²) < 4.78 is 1.90. The standard InChI is InChI=1S/C13H24N4/c1-10(13-9-17(4)15-11(13)2)14-12-5-7-16(3)8-6-12/h9-10,12,14H,5-8H2,1-4H3. The second-order valence-electron chi connectivity index (χ2n) is 5.31. The predicted molar refractivity (Wildman–Crippen MR) is 70.0 cm³/mol. The number of hydrogen-bond acceptors (Lipinski definition) is 3. The summed E-state index contributed by atoms with van der Waals surface area (Å²) >= 11 is 0. The Labute approximate surface area is 104 Å². The van der Waals surface area contributed by atoms with Gasteiger partial charge in [-0.3, -0.25) is 4.68 Å². The van der Waals surface area contributed by atoms with Gasteiger partial charge in [0.05, 0.1) is 5.69 Å². The number of aromatic nitrogens is 2. The lowest BCUT2D eigenvalue weighted by molar-refractivity contribution is 0.226. The van der Waals surface area contributed by atoms with Gasteiger partial charge in [-0.2, -0.15) is 5.10 Å². The van der Waals surface area contributed by atoms with E-state index in [1.165, 1.54) is 31.5 Å². The molecule has 0 spiro atoms. The molecule has 1 aromatic rings. The molecular weight excluding hydrogens is 212 g/mol. The fraction of sp³-hybridized carbons (Fsp3) is 0.769. The van der Waals surface area contributed by atoms with Gasteiger partial charge in [-0.25, -0.2) is 0 Å². The molecular formula is C13H24N4. The van der Waals surface area contributed by atoms with Crippen molar-refractivity contribution in [1.29, 1.82) is 0 Å². The van der Waals surface area contributed by atoms with Gasteiger partial charge in [0.25, 0.3) is 0 Å². The maximum Gasteiger partial charge on any atom is 0.0641 e. The van der Waals surface area contributed by atoms with Crippen molar-refractivity contribution in [2.75, 3.05) is 20.1 Å². The van der Waals surface area contributed by atoms with E-state index in [9.17, 15) is 0 Å². The Balaban J connectivity index is 1.93. The topological polar surface area (TPSA) is 33.1 Å². The summed E-state index contributed by atoms with van der Waals surface area (Å²) in [6.07, 6.45) is 4.63. The van der Waals surface area contributed by atoms with Crippen LogP contribution in [0.1, 0.15) is 37.1 Å². The Morgan fingerprint density at radius 3 is 2.53 bits per heavy atom. The molecule has 0 aliphatic carbocycles. The number of rotatable bonds is 3. The zero-order valence-electron chi connectivity index (χ0n) is 11.4. The van der Waals surface area contributed by atoms with Crippen molar-refractivity contribution in [3.05, 3.63) is 17.5 Å². The van der Waals surface area contributed by atoms with Crippen LogP contribution in [0.2, 0.25) is 0 Å². The lowest BCUT2D eigenvalue weighted by Crippen LogP contribution is -2.41. The van der Waals surface area contributed by atoms with Crippen molar-refractivity contribution in [2.24, 2.45) is 7.05 Å². The average Bonchev–Trinajstić information content (AvgIpc) is 2.61. The normalized spacial score (nSPS) is 20.7. The summed E-state index contributed by atoms with van der Waals surface area (Å²) in [6.45, 7) is 6.73. The van der Waals surface area contributed by atoms with E-state index in [0.717, 1.165) is 5.69 Å². The van der Waals surface area contributed by atoms with E-state index in [0.29, 0.717) is 12.1 Å². The van der Waals surface area contributed by atoms with Gasteiger partial charge in [-0.05, 0) is 46.8 Å². The molecule has 1 atom stereocenters. The molecule has 17 heavy (non-hydrogen) atoms. The van der Waals surface area contributed by atoms with Crippen LogP contribution in [-0.2, 0) is 7.05 Å². The minimum absolute atomic E-state index is 0.400. The Hall–Kier alpha value is -0.870. The molecule has 2 heterocycles. The largest absolute Gasteiger partial charge is 0.307 e. The van der Waals surface area contributed by atoms with Crippen molar-refractivity contribution < 1.29 is 0 Å². The van der Waals surface area contributed by atoms with E-state index in [-0.39, 0.29) is 0 Å². The predicted octanol–water partition coefficient (Wildman–Crippen LogP) is 1.47. The van der Waals surface area contributed by atoms with Crippen LogP contribution in [0.25, 0.3) is 0 Å². The highest BCUT2D eigenvalue weighted by Crippen LogP contribution is 2.18. The fourth-order valence-corrected chi connectivity index (χ4v) is 2.66. The molecule has 0 aromatic carbocycles. The van der Waals surface area contributed by atoms with Crippen LogP contribution in [-0.4, -0.2) is 40.9 Å². The minimum Gasteiger partial charge on any atom is -0.307 e. The Morgan fingerprint density at radius 2 is 2.00 bits per heavy atom. The first-order chi connectivity index (χ1) is 8.06. The summed E-state index contributed by atoms with van der Waals surface area (Å²) in [5, 5.41) is 8.14. The van der Waals surface area contributed by atoms with Crippen LogP contribution in [0, 0.1) is 6.92 Å². The maximum absolute atomic E-state index is 4.41. The quantitative estimate of drug-likeness (QED) is 0.863. The van der Waals surface area contributed by atoms with Gasteiger partial charge < -0.3 is 10.2 Å². The molecule has 0 radical (unpaired) electrons. The highest BCUT2D eigenvalue weighted by Gasteiger charge is 2.20. The van der Waals surface area contributed by atoms with Gasteiger partial charge in [0, 0.05) is 30.9 Å². The monoisotopic (exact) mass is 236 g/mol. The van der Waals surface area contributed by atoms with Gasteiger partial charge in [0.2, 0.25) is 0 Å². The summed E-state index contributed by atoms with van der Waals surface area (Å²) in [4.78, 5) is 2.40. The number of aryl methyl sites for hydroxylation is 2. The Morgan fingerprint density at radius 1 is 1.35 bits per heavy atom. The fourth-order valence-electron chi connectivity index (χ4n) is 2.66. The van der Waals surface area contributed by atoms with Crippen molar-refractivity contribution in [3.8, 4) is 0 Å². The molecule has 1 unspecified atom stereocenters. The van der Waals surface area contributed by atoms with Crippen LogP contribution < -0.4 is 5.32 Å². The molecule has 1 saturated heterocycles. The zero-order valence-corrected chi connectivity index (χ0v) is 11.4. The van der Waals surface area contributed by atoms with Crippen molar-refractivity contribution in [1.82, 2.24) is 20.0 Å². The Bertz CT molecular complexity index is 363. The summed E-state index contributed by atoms with van der Waals surface area (Å²) in [5.41, 5.74) is 2.46. The van der Waals surface area contributed by atoms with Gasteiger partial charge in [0.15, 0.2) is 0 Å². The number of likely N-dealkylation sites (tertiary alicyclic amines) is 1. The smallest absolute Gasteiger partial charge is 0.0641 e. The average molecular weight is 236 g/mol. The van der Waals surface area contributed by atoms with Crippen LogP contribution >= 0.6 is 0 Å². The third-order valence-electron chi connectivity index (χ3n) is 3.72. The lowest BCUT2D eigenvalue weighted by atomic mass is 10.0. The van der Waals surface area contributed by atoms with E-state index >= 15 is 0 Å². The first kappa shape index (κ1) is 12.6. The van der Waals surface area contributed by atoms with Crippen LogP contribution in [0.4, 0.5) is 0 Å². The number of nitrogens with one attached hydrogen (secondary N) is 1. The van der Waals surface area contributed by atoms with Gasteiger partial charge >= 0.3 is 0 Å². The molecule has 96 valence electrons. The molecule has 0 saturated carbocycles. The van der Waals surface area contributed by atoms with E-state index in [1.54, 1.807) is 0 Å². The van der Waals surface area contributed by atoms with Crippen molar-refractivity contribution in [2.45, 2.75) is 38.8 Å². The maximum atomic E-state index is 4.41. The number of nitrogens with zero attached hydrogens (tertiary/aromatic N) is 3. The summed E-state index contributed by atoms with van der Waals surface area (Å²) in [5.74, 6) is 0. The third kappa shape index (κ3) is 3.07. The summed E-state index contributed by atoms with van der Waals surface area (Å²) in [6, 6.07) is 1.05. The van der Waals surface area contributed by atoms with Gasteiger partial charge in [-0.1, -0.05) is 0 Å². The zero-order chi connectivity index (χ0) is 12.4. The summed E-state index contributed by atoms with van der Waals surface area (Å²) in [7, 11) is 4.18. The van der Waals surface area contributed by atoms with Crippen LogP contribution in [0.15, 0.2) is 6.20 Å². The molecule has 1 aliphatic heterocycles. The molecule has 4 nitrogen and oxygen atoms in total. The first-order valence-electron chi connectivity index (χ1n) is 6.51. The number of piperidine rings is 1. The Kier molecular flexibility index (Phi) is 3.84. The van der Waals surface area contributed by atoms with E-state index in [2.05, 4.69) is 42.4 Å².